The van der Waals surface area contributed by atoms with Crippen LogP contribution in [0.4, 0.5) is 0 Å². The molecule has 1 rings (SSSR count). The molecule has 2 heteroatoms. The highest BCUT2D eigenvalue weighted by Gasteiger charge is 2.18. The van der Waals surface area contributed by atoms with Crippen LogP contribution >= 0.6 is 0 Å². The topological polar surface area (TPSA) is 40.5 Å². The first-order valence-corrected chi connectivity index (χ1v) is 3.24. The second-order valence-electron chi connectivity index (χ2n) is 2.61. The van der Waals surface area contributed by atoms with Crippen molar-refractivity contribution in [3.8, 4) is 0 Å². The highest BCUT2D eigenvalue weighted by Crippen LogP contribution is 2.16. The van der Waals surface area contributed by atoms with Gasteiger partial charge in [-0.2, -0.15) is 0 Å². The monoisotopic (exact) mass is 128 g/mol. The number of aliphatic hydroxyl groups excluding tert-OH is 2. The normalized spacial score (nSPS) is 43.2. The minimum absolute atomic E-state index is 0.202. The van der Waals surface area contributed by atoms with Gasteiger partial charge in [0, 0.05) is 12.3 Å². The molecule has 0 amide bonds. The summed E-state index contributed by atoms with van der Waals surface area (Å²) in [5.74, 6) is 0.202. The summed E-state index contributed by atoms with van der Waals surface area (Å²) >= 11 is 0. The molecular weight excluding hydrogens is 116 g/mol. The van der Waals surface area contributed by atoms with Crippen LogP contribution in [-0.2, 0) is 0 Å². The van der Waals surface area contributed by atoms with Crippen LogP contribution in [0.5, 0.6) is 0 Å². The Morgan fingerprint density at radius 1 is 1.33 bits per heavy atom. The molecule has 0 saturated carbocycles. The fraction of sp³-hybridized carbons (Fsp3) is 0.714. The first-order valence-electron chi connectivity index (χ1n) is 3.24. The van der Waals surface area contributed by atoms with Gasteiger partial charge in [0.15, 0.2) is 0 Å². The molecule has 0 heterocycles. The Labute approximate surface area is 54.8 Å². The zero-order valence-corrected chi connectivity index (χ0v) is 5.49. The van der Waals surface area contributed by atoms with E-state index in [0.29, 0.717) is 6.42 Å². The van der Waals surface area contributed by atoms with Crippen LogP contribution in [-0.4, -0.2) is 22.4 Å². The summed E-state index contributed by atoms with van der Waals surface area (Å²) in [6.45, 7) is 1.94. The van der Waals surface area contributed by atoms with E-state index >= 15 is 0 Å². The first kappa shape index (κ1) is 6.78. The third-order valence-electron chi connectivity index (χ3n) is 1.73. The van der Waals surface area contributed by atoms with Crippen LogP contribution < -0.4 is 0 Å². The van der Waals surface area contributed by atoms with Gasteiger partial charge in [0.25, 0.3) is 0 Å². The maximum Gasteiger partial charge on any atom is 0.0745 e. The lowest BCUT2D eigenvalue weighted by atomic mass is 9.93. The van der Waals surface area contributed by atoms with Gasteiger partial charge in [-0.25, -0.2) is 0 Å². The van der Waals surface area contributed by atoms with Gasteiger partial charge < -0.3 is 10.2 Å². The molecule has 1 aliphatic carbocycles. The third-order valence-corrected chi connectivity index (χ3v) is 1.73. The Kier molecular flexibility index (Phi) is 1.88. The molecular formula is C7H12O2. The highest BCUT2D eigenvalue weighted by atomic mass is 16.3. The Balaban J connectivity index is 2.54. The molecule has 2 N–H and O–H groups in total. The van der Waals surface area contributed by atoms with Crippen molar-refractivity contribution < 1.29 is 10.2 Å². The summed E-state index contributed by atoms with van der Waals surface area (Å²) in [4.78, 5) is 0. The van der Waals surface area contributed by atoms with Gasteiger partial charge in [0.1, 0.15) is 0 Å². The number of hydrogen-bond donors (Lipinski definition) is 2. The van der Waals surface area contributed by atoms with E-state index in [-0.39, 0.29) is 12.0 Å². The van der Waals surface area contributed by atoms with Gasteiger partial charge in [-0.05, 0) is 0 Å². The maximum atomic E-state index is 9.14. The molecule has 0 saturated heterocycles. The van der Waals surface area contributed by atoms with Crippen LogP contribution in [0, 0.1) is 5.92 Å². The lowest BCUT2D eigenvalue weighted by Crippen LogP contribution is -2.25. The molecule has 0 bridgehead atoms. The Bertz CT molecular complexity index is 120. The Morgan fingerprint density at radius 2 is 2.00 bits per heavy atom. The zero-order chi connectivity index (χ0) is 6.85. The number of aliphatic hydroxyl groups is 2. The van der Waals surface area contributed by atoms with Crippen molar-refractivity contribution in [2.75, 3.05) is 0 Å². The van der Waals surface area contributed by atoms with Crippen molar-refractivity contribution in [1.82, 2.24) is 0 Å². The minimum Gasteiger partial charge on any atom is -0.392 e. The Morgan fingerprint density at radius 3 is 2.44 bits per heavy atom. The quantitative estimate of drug-likeness (QED) is 0.461. The SMILES string of the molecule is CC1C=CC(O)CC1O. The fourth-order valence-corrected chi connectivity index (χ4v) is 0.972. The molecule has 0 aromatic heterocycles. The smallest absolute Gasteiger partial charge is 0.0745 e. The molecule has 0 aromatic carbocycles. The van der Waals surface area contributed by atoms with E-state index in [4.69, 9.17) is 10.2 Å². The average molecular weight is 128 g/mol. The van der Waals surface area contributed by atoms with Gasteiger partial charge in [0.05, 0.1) is 12.2 Å². The maximum absolute atomic E-state index is 9.14. The van der Waals surface area contributed by atoms with Crippen LogP contribution in [0.25, 0.3) is 0 Å². The van der Waals surface area contributed by atoms with E-state index in [1.807, 2.05) is 13.0 Å². The molecule has 3 unspecified atom stereocenters. The second kappa shape index (κ2) is 2.50. The molecule has 0 spiro atoms. The molecule has 9 heavy (non-hydrogen) atoms. The largest absolute Gasteiger partial charge is 0.392 e. The van der Waals surface area contributed by atoms with Gasteiger partial charge >= 0.3 is 0 Å². The molecule has 0 aromatic rings. The van der Waals surface area contributed by atoms with Gasteiger partial charge in [-0.3, -0.25) is 0 Å². The third kappa shape index (κ3) is 1.53. The van der Waals surface area contributed by atoms with Crippen LogP contribution in [0.2, 0.25) is 0 Å². The predicted molar refractivity (Wildman–Crippen MR) is 34.9 cm³/mol. The van der Waals surface area contributed by atoms with Crippen LogP contribution in [0.15, 0.2) is 12.2 Å². The fourth-order valence-electron chi connectivity index (χ4n) is 0.972. The number of hydrogen-bond acceptors (Lipinski definition) is 2. The number of rotatable bonds is 0. The van der Waals surface area contributed by atoms with Crippen molar-refractivity contribution in [3.63, 3.8) is 0 Å². The van der Waals surface area contributed by atoms with E-state index < -0.39 is 6.10 Å². The average Bonchev–Trinajstić information content (AvgIpc) is 1.80. The van der Waals surface area contributed by atoms with Crippen molar-refractivity contribution in [1.29, 1.82) is 0 Å². The summed E-state index contributed by atoms with van der Waals surface area (Å²) < 4.78 is 0. The molecule has 52 valence electrons. The summed E-state index contributed by atoms with van der Waals surface area (Å²) in [5, 5.41) is 18.1. The van der Waals surface area contributed by atoms with Gasteiger partial charge in [-0.15, -0.1) is 0 Å². The summed E-state index contributed by atoms with van der Waals surface area (Å²) in [5.41, 5.74) is 0. The molecule has 1 aliphatic rings. The van der Waals surface area contributed by atoms with Crippen LogP contribution in [0.1, 0.15) is 13.3 Å². The summed E-state index contributed by atoms with van der Waals surface area (Å²) in [7, 11) is 0. The van der Waals surface area contributed by atoms with Crippen molar-refractivity contribution in [2.45, 2.75) is 25.6 Å². The lowest BCUT2D eigenvalue weighted by Gasteiger charge is -2.22. The van der Waals surface area contributed by atoms with E-state index in [2.05, 4.69) is 0 Å². The Hall–Kier alpha value is -0.340. The van der Waals surface area contributed by atoms with Crippen LogP contribution in [0.3, 0.4) is 0 Å². The predicted octanol–water partition coefficient (Wildman–Crippen LogP) is 0.304. The zero-order valence-electron chi connectivity index (χ0n) is 5.49. The van der Waals surface area contributed by atoms with Crippen molar-refractivity contribution >= 4 is 0 Å². The standard InChI is InChI=1S/C7H12O2/c1-5-2-3-6(8)4-7(5)9/h2-3,5-9H,4H2,1H3. The van der Waals surface area contributed by atoms with Gasteiger partial charge in [0.2, 0.25) is 0 Å². The minimum atomic E-state index is -0.434. The second-order valence-corrected chi connectivity index (χ2v) is 2.61. The van der Waals surface area contributed by atoms with E-state index in [9.17, 15) is 0 Å². The molecule has 3 atom stereocenters. The molecule has 0 fully saturated rings. The van der Waals surface area contributed by atoms with Gasteiger partial charge in [-0.1, -0.05) is 19.1 Å². The lowest BCUT2D eigenvalue weighted by molar-refractivity contribution is 0.0695. The van der Waals surface area contributed by atoms with Crippen molar-refractivity contribution in [3.05, 3.63) is 12.2 Å². The first-order chi connectivity index (χ1) is 4.20. The van der Waals surface area contributed by atoms with E-state index in [0.717, 1.165) is 0 Å². The summed E-state index contributed by atoms with van der Waals surface area (Å²) in [6.07, 6.45) is 3.27. The summed E-state index contributed by atoms with van der Waals surface area (Å²) in [6, 6.07) is 0. The molecule has 0 aliphatic heterocycles. The van der Waals surface area contributed by atoms with E-state index in [1.54, 1.807) is 6.08 Å². The molecule has 2 nitrogen and oxygen atoms in total. The van der Waals surface area contributed by atoms with E-state index in [1.165, 1.54) is 0 Å². The van der Waals surface area contributed by atoms with Crippen molar-refractivity contribution in [2.24, 2.45) is 5.92 Å². The highest BCUT2D eigenvalue weighted by molar-refractivity contribution is 5.00. The molecule has 0 radical (unpaired) electrons.